The van der Waals surface area contributed by atoms with Gasteiger partial charge in [0.25, 0.3) is 5.91 Å². The number of carboxylic acid groups (broad SMARTS) is 1. The number of methoxy groups -OCH3 is 1. The monoisotopic (exact) mass is 527 g/mol. The number of aryl methyl sites for hydroxylation is 1. The smallest absolute Gasteiger partial charge is 0.411 e. The maximum Gasteiger partial charge on any atom is 0.411 e. The Labute approximate surface area is 221 Å². The molecule has 4 N–H and O–H groups in total. The van der Waals surface area contributed by atoms with Crippen LogP contribution in [-0.4, -0.2) is 41.2 Å². The average Bonchev–Trinajstić information content (AvgIpc) is 3.31. The summed E-state index contributed by atoms with van der Waals surface area (Å²) in [5.74, 6) is -2.44. The van der Waals surface area contributed by atoms with Crippen LogP contribution >= 0.6 is 0 Å². The van der Waals surface area contributed by atoms with Crippen LogP contribution < -0.4 is 16.0 Å². The number of carbonyl (C=O) groups is 4. The van der Waals surface area contributed by atoms with Gasteiger partial charge in [-0.15, -0.1) is 0 Å². The number of nitrogens with zero attached hydrogens (tertiary/aromatic N) is 2. The molecule has 0 aliphatic heterocycles. The molecule has 0 unspecified atom stereocenters. The van der Waals surface area contributed by atoms with E-state index in [1.54, 1.807) is 24.3 Å². The Morgan fingerprint density at radius 3 is 2.38 bits per heavy atom. The zero-order valence-electron chi connectivity index (χ0n) is 20.9. The van der Waals surface area contributed by atoms with Crippen molar-refractivity contribution in [3.05, 3.63) is 70.9 Å². The van der Waals surface area contributed by atoms with Crippen molar-refractivity contribution in [3.63, 3.8) is 0 Å². The summed E-state index contributed by atoms with van der Waals surface area (Å²) in [7, 11) is 1.26. The minimum Gasteiger partial charge on any atom is -0.478 e. The number of amides is 3. The van der Waals surface area contributed by atoms with E-state index in [0.717, 1.165) is 11.6 Å². The van der Waals surface area contributed by atoms with Crippen molar-refractivity contribution in [1.82, 2.24) is 5.16 Å². The van der Waals surface area contributed by atoms with E-state index in [4.69, 9.17) is 9.78 Å². The minimum atomic E-state index is -1.33. The van der Waals surface area contributed by atoms with E-state index in [-0.39, 0.29) is 39.4 Å². The van der Waals surface area contributed by atoms with Crippen molar-refractivity contribution in [2.24, 2.45) is 0 Å². The van der Waals surface area contributed by atoms with E-state index in [2.05, 4.69) is 25.8 Å². The number of aromatic carboxylic acids is 1. The molecule has 4 aromatic rings. The van der Waals surface area contributed by atoms with Crippen LogP contribution in [-0.2, 0) is 9.53 Å². The normalized spacial score (nSPS) is 10.4. The van der Waals surface area contributed by atoms with Gasteiger partial charge in [0.15, 0.2) is 11.3 Å². The Morgan fingerprint density at radius 1 is 0.974 bits per heavy atom. The van der Waals surface area contributed by atoms with Gasteiger partial charge in [0.1, 0.15) is 0 Å². The quantitative estimate of drug-likeness (QED) is 0.274. The third kappa shape index (κ3) is 5.52. The SMILES string of the molecule is COC(=O)Nc1ccc(-c2cc3onc(C(=O)Nc4ccc(C#N)cc4C(=O)O)c3cc2NC(C)=O)c(C)c1. The van der Waals surface area contributed by atoms with Gasteiger partial charge in [-0.3, -0.25) is 14.9 Å². The van der Waals surface area contributed by atoms with Gasteiger partial charge < -0.3 is 25.0 Å². The van der Waals surface area contributed by atoms with Crippen molar-refractivity contribution >= 4 is 51.9 Å². The molecule has 0 aliphatic rings. The maximum absolute atomic E-state index is 13.1. The molecule has 1 aromatic heterocycles. The number of fused-ring (bicyclic) bond motifs is 1. The number of carbonyl (C=O) groups excluding carboxylic acids is 3. The van der Waals surface area contributed by atoms with Crippen LogP contribution in [0, 0.1) is 18.3 Å². The van der Waals surface area contributed by atoms with E-state index in [1.165, 1.54) is 32.2 Å². The third-order valence-corrected chi connectivity index (χ3v) is 5.71. The fourth-order valence-corrected chi connectivity index (χ4v) is 3.96. The number of anilines is 3. The Kier molecular flexibility index (Phi) is 7.26. The minimum absolute atomic E-state index is 0.0300. The largest absolute Gasteiger partial charge is 0.478 e. The first-order valence-electron chi connectivity index (χ1n) is 11.4. The highest BCUT2D eigenvalue weighted by Crippen LogP contribution is 2.37. The molecule has 0 radical (unpaired) electrons. The number of ether oxygens (including phenoxy) is 1. The van der Waals surface area contributed by atoms with Crippen molar-refractivity contribution in [2.75, 3.05) is 23.1 Å². The number of rotatable bonds is 6. The summed E-state index contributed by atoms with van der Waals surface area (Å²) in [5.41, 5.74) is 2.83. The first-order chi connectivity index (χ1) is 18.6. The fourth-order valence-electron chi connectivity index (χ4n) is 3.96. The van der Waals surface area contributed by atoms with Gasteiger partial charge in [0, 0.05) is 23.9 Å². The number of nitrogens with one attached hydrogen (secondary N) is 3. The molecule has 3 aromatic carbocycles. The molecule has 4 rings (SSSR count). The molecule has 0 saturated carbocycles. The second kappa shape index (κ2) is 10.7. The van der Waals surface area contributed by atoms with Crippen molar-refractivity contribution in [1.29, 1.82) is 5.26 Å². The van der Waals surface area contributed by atoms with Crippen molar-refractivity contribution in [2.45, 2.75) is 13.8 Å². The van der Waals surface area contributed by atoms with E-state index < -0.39 is 18.0 Å². The lowest BCUT2D eigenvalue weighted by molar-refractivity contribution is -0.114. The Morgan fingerprint density at radius 2 is 1.74 bits per heavy atom. The van der Waals surface area contributed by atoms with Crippen LogP contribution in [0.25, 0.3) is 22.1 Å². The van der Waals surface area contributed by atoms with Gasteiger partial charge in [-0.05, 0) is 60.5 Å². The number of nitriles is 1. The van der Waals surface area contributed by atoms with Crippen LogP contribution in [0.1, 0.15) is 38.9 Å². The number of benzene rings is 3. The lowest BCUT2D eigenvalue weighted by Gasteiger charge is -2.14. The van der Waals surface area contributed by atoms with Crippen LogP contribution in [0.4, 0.5) is 21.9 Å². The van der Waals surface area contributed by atoms with Crippen molar-refractivity contribution in [3.8, 4) is 17.2 Å². The molecule has 39 heavy (non-hydrogen) atoms. The number of hydrogen-bond donors (Lipinski definition) is 4. The molecule has 12 heteroatoms. The van der Waals surface area contributed by atoms with E-state index >= 15 is 0 Å². The molecule has 0 bridgehead atoms. The number of carboxylic acids is 1. The molecular weight excluding hydrogens is 506 g/mol. The molecule has 0 aliphatic carbocycles. The zero-order chi connectivity index (χ0) is 28.3. The lowest BCUT2D eigenvalue weighted by Crippen LogP contribution is -2.15. The molecular formula is C27H21N5O7. The highest BCUT2D eigenvalue weighted by molar-refractivity contribution is 6.14. The molecule has 0 saturated heterocycles. The second-order valence-electron chi connectivity index (χ2n) is 8.38. The van der Waals surface area contributed by atoms with Crippen LogP contribution in [0.5, 0.6) is 0 Å². The van der Waals surface area contributed by atoms with Gasteiger partial charge in [-0.2, -0.15) is 5.26 Å². The summed E-state index contributed by atoms with van der Waals surface area (Å²) < 4.78 is 10.0. The molecule has 0 fully saturated rings. The molecule has 12 nitrogen and oxygen atoms in total. The molecule has 1 heterocycles. The fraction of sp³-hybridized carbons (Fsp3) is 0.111. The first kappa shape index (κ1) is 26.4. The van der Waals surface area contributed by atoms with Crippen LogP contribution in [0.15, 0.2) is 53.1 Å². The third-order valence-electron chi connectivity index (χ3n) is 5.71. The molecule has 196 valence electrons. The predicted molar refractivity (Wildman–Crippen MR) is 141 cm³/mol. The van der Waals surface area contributed by atoms with Gasteiger partial charge in [0.2, 0.25) is 5.91 Å². The summed E-state index contributed by atoms with van der Waals surface area (Å²) in [4.78, 5) is 48.3. The average molecular weight is 527 g/mol. The topological polar surface area (TPSA) is 184 Å². The zero-order valence-corrected chi connectivity index (χ0v) is 20.9. The summed E-state index contributed by atoms with van der Waals surface area (Å²) in [6, 6.07) is 14.0. The van der Waals surface area contributed by atoms with Crippen LogP contribution in [0.3, 0.4) is 0 Å². The van der Waals surface area contributed by atoms with Gasteiger partial charge >= 0.3 is 12.1 Å². The summed E-state index contributed by atoms with van der Waals surface area (Å²) in [6.45, 7) is 3.15. The second-order valence-corrected chi connectivity index (χ2v) is 8.38. The Bertz CT molecular complexity index is 1700. The predicted octanol–water partition coefficient (Wildman–Crippen LogP) is 4.76. The van der Waals surface area contributed by atoms with E-state index in [1.807, 2.05) is 13.0 Å². The highest BCUT2D eigenvalue weighted by atomic mass is 16.5. The molecule has 0 spiro atoms. The van der Waals surface area contributed by atoms with E-state index in [0.29, 0.717) is 22.5 Å². The lowest BCUT2D eigenvalue weighted by atomic mass is 9.96. The van der Waals surface area contributed by atoms with Gasteiger partial charge in [-0.1, -0.05) is 11.2 Å². The Balaban J connectivity index is 1.75. The van der Waals surface area contributed by atoms with Gasteiger partial charge in [0.05, 0.1) is 35.4 Å². The van der Waals surface area contributed by atoms with Crippen molar-refractivity contribution < 1.29 is 33.5 Å². The summed E-state index contributed by atoms with van der Waals surface area (Å²) in [6.07, 6.45) is -0.619. The highest BCUT2D eigenvalue weighted by Gasteiger charge is 2.22. The summed E-state index contributed by atoms with van der Waals surface area (Å²) >= 11 is 0. The molecule has 3 amide bonds. The maximum atomic E-state index is 13.1. The standard InChI is InChI=1S/C27H21N5O7/c1-13-8-16(30-27(37)38-3)5-6-17(13)18-11-23-20(10-22(18)29-14(2)33)24(32-39-23)25(34)31-21-7-4-15(12-28)9-19(21)26(35)36/h4-11H,1-3H3,(H,29,33)(H,30,37)(H,31,34)(H,35,36). The number of aromatic nitrogens is 1. The number of hydrogen-bond acceptors (Lipinski definition) is 8. The first-order valence-corrected chi connectivity index (χ1v) is 11.4. The Hall–Kier alpha value is -5.70. The molecule has 0 atom stereocenters. The summed E-state index contributed by atoms with van der Waals surface area (Å²) in [5, 5.41) is 30.5. The van der Waals surface area contributed by atoms with E-state index in [9.17, 15) is 24.3 Å². The van der Waals surface area contributed by atoms with Gasteiger partial charge in [-0.25, -0.2) is 9.59 Å². The van der Waals surface area contributed by atoms with Crippen LogP contribution in [0.2, 0.25) is 0 Å².